The van der Waals surface area contributed by atoms with E-state index < -0.39 is 12.2 Å². The SMILES string of the molecule is OC(CCBr)C(O)c1ncccc1Cl. The van der Waals surface area contributed by atoms with Crippen molar-refractivity contribution in [2.75, 3.05) is 5.33 Å². The molecule has 0 bridgehead atoms. The first kappa shape index (κ1) is 11.9. The Hall–Kier alpha value is -0.160. The molecule has 2 atom stereocenters. The molecule has 2 N–H and O–H groups in total. The van der Waals surface area contributed by atoms with Crippen LogP contribution < -0.4 is 0 Å². The van der Waals surface area contributed by atoms with Crippen molar-refractivity contribution in [3.8, 4) is 0 Å². The van der Waals surface area contributed by atoms with Crippen molar-refractivity contribution >= 4 is 27.5 Å². The molecule has 1 aromatic rings. The lowest BCUT2D eigenvalue weighted by molar-refractivity contribution is 0.0149. The lowest BCUT2D eigenvalue weighted by Crippen LogP contribution is -2.19. The average Bonchev–Trinajstić information content (AvgIpc) is 2.18. The number of aliphatic hydroxyl groups excluding tert-OH is 2. The zero-order valence-electron chi connectivity index (χ0n) is 7.40. The number of nitrogens with zero attached hydrogens (tertiary/aromatic N) is 1. The van der Waals surface area contributed by atoms with E-state index in [9.17, 15) is 10.2 Å². The Morgan fingerprint density at radius 3 is 2.79 bits per heavy atom. The molecule has 5 heteroatoms. The lowest BCUT2D eigenvalue weighted by Gasteiger charge is -2.16. The third-order valence-electron chi connectivity index (χ3n) is 1.84. The Kier molecular flexibility index (Phi) is 4.81. The minimum absolute atomic E-state index is 0.322. The summed E-state index contributed by atoms with van der Waals surface area (Å²) in [7, 11) is 0. The number of halogens is 2. The van der Waals surface area contributed by atoms with Crippen molar-refractivity contribution < 1.29 is 10.2 Å². The van der Waals surface area contributed by atoms with Gasteiger partial charge in [-0.3, -0.25) is 4.98 Å². The normalized spacial score (nSPS) is 15.1. The Morgan fingerprint density at radius 1 is 1.50 bits per heavy atom. The van der Waals surface area contributed by atoms with Gasteiger partial charge in [0.05, 0.1) is 16.8 Å². The minimum atomic E-state index is -1.03. The van der Waals surface area contributed by atoms with Gasteiger partial charge in [0.25, 0.3) is 0 Å². The van der Waals surface area contributed by atoms with Gasteiger partial charge < -0.3 is 10.2 Å². The highest BCUT2D eigenvalue weighted by molar-refractivity contribution is 9.09. The third kappa shape index (κ3) is 2.92. The molecule has 1 aromatic heterocycles. The Balaban J connectivity index is 2.78. The van der Waals surface area contributed by atoms with Gasteiger partial charge >= 0.3 is 0 Å². The zero-order valence-corrected chi connectivity index (χ0v) is 9.74. The van der Waals surface area contributed by atoms with E-state index in [0.717, 1.165) is 0 Å². The van der Waals surface area contributed by atoms with Crippen LogP contribution in [0.5, 0.6) is 0 Å². The predicted molar refractivity (Wildman–Crippen MR) is 58.6 cm³/mol. The van der Waals surface area contributed by atoms with Gasteiger partial charge in [-0.25, -0.2) is 0 Å². The molecule has 3 nitrogen and oxygen atoms in total. The molecule has 0 aromatic carbocycles. The van der Waals surface area contributed by atoms with E-state index in [1.807, 2.05) is 0 Å². The van der Waals surface area contributed by atoms with Crippen LogP contribution in [0.15, 0.2) is 18.3 Å². The molecule has 1 rings (SSSR count). The second-order valence-corrected chi connectivity index (χ2v) is 4.06. The van der Waals surface area contributed by atoms with Gasteiger partial charge in [-0.15, -0.1) is 0 Å². The smallest absolute Gasteiger partial charge is 0.123 e. The van der Waals surface area contributed by atoms with Gasteiger partial charge in [-0.2, -0.15) is 0 Å². The Bertz CT molecular complexity index is 298. The van der Waals surface area contributed by atoms with Crippen molar-refractivity contribution in [1.29, 1.82) is 0 Å². The van der Waals surface area contributed by atoms with Crippen LogP contribution in [0.2, 0.25) is 5.02 Å². The van der Waals surface area contributed by atoms with Crippen molar-refractivity contribution in [1.82, 2.24) is 4.98 Å². The number of hydrogen-bond donors (Lipinski definition) is 2. The molecule has 0 fully saturated rings. The first-order valence-corrected chi connectivity index (χ1v) is 5.69. The fourth-order valence-electron chi connectivity index (χ4n) is 1.07. The van der Waals surface area contributed by atoms with E-state index in [1.165, 1.54) is 6.20 Å². The van der Waals surface area contributed by atoms with Crippen LogP contribution in [0.4, 0.5) is 0 Å². The number of aliphatic hydroxyl groups is 2. The molecule has 78 valence electrons. The second kappa shape index (κ2) is 5.66. The van der Waals surface area contributed by atoms with E-state index in [-0.39, 0.29) is 0 Å². The second-order valence-electron chi connectivity index (χ2n) is 2.86. The fraction of sp³-hybridized carbons (Fsp3) is 0.444. The first-order valence-electron chi connectivity index (χ1n) is 4.19. The van der Waals surface area contributed by atoms with Crippen LogP contribution in [-0.2, 0) is 0 Å². The summed E-state index contributed by atoms with van der Waals surface area (Å²) in [5, 5.41) is 20.2. The molecule has 0 saturated carbocycles. The Labute approximate surface area is 95.9 Å². The van der Waals surface area contributed by atoms with Crippen LogP contribution in [0, 0.1) is 0 Å². The molecule has 0 saturated heterocycles. The molecule has 1 heterocycles. The quantitative estimate of drug-likeness (QED) is 0.829. The van der Waals surface area contributed by atoms with Gasteiger partial charge in [-0.05, 0) is 18.6 Å². The van der Waals surface area contributed by atoms with E-state index >= 15 is 0 Å². The standard InChI is InChI=1S/C9H11BrClNO2/c10-4-3-7(13)9(14)8-6(11)2-1-5-12-8/h1-2,5,7,9,13-14H,3-4H2. The number of rotatable bonds is 4. The summed E-state index contributed by atoms with van der Waals surface area (Å²) >= 11 is 9.00. The highest BCUT2D eigenvalue weighted by atomic mass is 79.9. The topological polar surface area (TPSA) is 53.4 Å². The minimum Gasteiger partial charge on any atom is -0.390 e. The molecule has 2 unspecified atom stereocenters. The number of hydrogen-bond acceptors (Lipinski definition) is 3. The van der Waals surface area contributed by atoms with Crippen molar-refractivity contribution in [3.63, 3.8) is 0 Å². The summed E-state index contributed by atoms with van der Waals surface area (Å²) in [6.07, 6.45) is 0.113. The zero-order chi connectivity index (χ0) is 10.6. The van der Waals surface area contributed by atoms with Crippen LogP contribution >= 0.6 is 27.5 Å². The van der Waals surface area contributed by atoms with E-state index in [2.05, 4.69) is 20.9 Å². The fourth-order valence-corrected chi connectivity index (χ4v) is 1.77. The van der Waals surface area contributed by atoms with Crippen LogP contribution in [0.1, 0.15) is 18.2 Å². The monoisotopic (exact) mass is 279 g/mol. The molecular weight excluding hydrogens is 269 g/mol. The maximum atomic E-state index is 9.68. The van der Waals surface area contributed by atoms with Crippen LogP contribution in [0.25, 0.3) is 0 Å². The lowest BCUT2D eigenvalue weighted by atomic mass is 10.1. The van der Waals surface area contributed by atoms with E-state index in [0.29, 0.717) is 22.5 Å². The van der Waals surface area contributed by atoms with Crippen molar-refractivity contribution in [2.24, 2.45) is 0 Å². The number of alkyl halides is 1. The summed E-state index contributed by atoms with van der Waals surface area (Å²) < 4.78 is 0. The van der Waals surface area contributed by atoms with Gasteiger partial charge in [0.2, 0.25) is 0 Å². The molecular formula is C9H11BrClNO2. The van der Waals surface area contributed by atoms with Crippen LogP contribution in [0.3, 0.4) is 0 Å². The highest BCUT2D eigenvalue weighted by Crippen LogP contribution is 2.24. The Morgan fingerprint density at radius 2 is 2.21 bits per heavy atom. The molecule has 0 radical (unpaired) electrons. The van der Waals surface area contributed by atoms with E-state index in [1.54, 1.807) is 12.1 Å². The van der Waals surface area contributed by atoms with E-state index in [4.69, 9.17) is 11.6 Å². The van der Waals surface area contributed by atoms with Crippen LogP contribution in [-0.4, -0.2) is 26.6 Å². The predicted octanol–water partition coefficient (Wildman–Crippen LogP) is 1.91. The molecule has 0 amide bonds. The van der Waals surface area contributed by atoms with Crippen molar-refractivity contribution in [3.05, 3.63) is 29.0 Å². The molecule has 14 heavy (non-hydrogen) atoms. The summed E-state index contributed by atoms with van der Waals surface area (Å²) in [6.45, 7) is 0. The molecule has 0 aliphatic rings. The summed E-state index contributed by atoms with van der Waals surface area (Å²) in [5.74, 6) is 0. The van der Waals surface area contributed by atoms with Gasteiger partial charge in [-0.1, -0.05) is 27.5 Å². The summed E-state index contributed by atoms with van der Waals surface area (Å²) in [6, 6.07) is 3.31. The molecule has 0 aliphatic carbocycles. The summed E-state index contributed by atoms with van der Waals surface area (Å²) in [5.41, 5.74) is 0.322. The first-order chi connectivity index (χ1) is 6.66. The number of pyridine rings is 1. The van der Waals surface area contributed by atoms with Gasteiger partial charge in [0.1, 0.15) is 6.10 Å². The number of aromatic nitrogens is 1. The highest BCUT2D eigenvalue weighted by Gasteiger charge is 2.20. The maximum absolute atomic E-state index is 9.68. The maximum Gasteiger partial charge on any atom is 0.123 e. The van der Waals surface area contributed by atoms with Gasteiger partial charge in [0, 0.05) is 11.5 Å². The molecule has 0 spiro atoms. The van der Waals surface area contributed by atoms with Crippen molar-refractivity contribution in [2.45, 2.75) is 18.6 Å². The largest absolute Gasteiger partial charge is 0.390 e. The van der Waals surface area contributed by atoms with Gasteiger partial charge in [0.15, 0.2) is 0 Å². The average molecular weight is 281 g/mol. The summed E-state index contributed by atoms with van der Waals surface area (Å²) in [4.78, 5) is 3.92. The third-order valence-corrected chi connectivity index (χ3v) is 2.61. The molecule has 0 aliphatic heterocycles.